The van der Waals surface area contributed by atoms with Crippen LogP contribution in [0.3, 0.4) is 0 Å². The van der Waals surface area contributed by atoms with Gasteiger partial charge in [0.1, 0.15) is 11.9 Å². The number of halogens is 1. The molecule has 6 heteroatoms. The monoisotopic (exact) mass is 294 g/mol. The number of carboxylic acids is 1. The number of nitrogens with zero attached hydrogens (tertiary/aromatic N) is 2. The average Bonchev–Trinajstić information content (AvgIpc) is 2.43. The van der Waals surface area contributed by atoms with Crippen molar-refractivity contribution in [1.82, 2.24) is 9.80 Å². The van der Waals surface area contributed by atoms with Crippen molar-refractivity contribution in [2.24, 2.45) is 0 Å². The third-order valence-electron chi connectivity index (χ3n) is 3.86. The van der Waals surface area contributed by atoms with Crippen molar-refractivity contribution in [3.63, 3.8) is 0 Å². The molecular formula is C15H19FN2O3. The van der Waals surface area contributed by atoms with Gasteiger partial charge >= 0.3 is 5.97 Å². The zero-order valence-electron chi connectivity index (χ0n) is 12.2. The van der Waals surface area contributed by atoms with Crippen LogP contribution >= 0.6 is 0 Å². The zero-order chi connectivity index (χ0) is 15.6. The Bertz CT molecular complexity index is 554. The van der Waals surface area contributed by atoms with Gasteiger partial charge in [-0.25, -0.2) is 4.39 Å². The third-order valence-corrected chi connectivity index (χ3v) is 3.86. The Kier molecular flexibility index (Phi) is 4.57. The number of piperazine rings is 1. The molecule has 1 aromatic carbocycles. The normalized spacial score (nSPS) is 17.6. The molecule has 0 spiro atoms. The fourth-order valence-corrected chi connectivity index (χ4v) is 2.64. The molecule has 1 fully saturated rings. The van der Waals surface area contributed by atoms with E-state index >= 15 is 0 Å². The van der Waals surface area contributed by atoms with Crippen molar-refractivity contribution in [3.8, 4) is 0 Å². The van der Waals surface area contributed by atoms with Gasteiger partial charge in [-0.2, -0.15) is 0 Å². The molecule has 2 rings (SSSR count). The maximum Gasteiger partial charge on any atom is 0.325 e. The summed E-state index contributed by atoms with van der Waals surface area (Å²) in [5.74, 6) is -1.30. The first kappa shape index (κ1) is 15.4. The van der Waals surface area contributed by atoms with Crippen LogP contribution in [0.5, 0.6) is 0 Å². The Morgan fingerprint density at radius 3 is 2.33 bits per heavy atom. The van der Waals surface area contributed by atoms with Crippen LogP contribution in [0.4, 0.5) is 4.39 Å². The number of carbonyl (C=O) groups excluding carboxylic acids is 1. The van der Waals surface area contributed by atoms with E-state index in [1.165, 1.54) is 19.1 Å². The first-order chi connectivity index (χ1) is 9.90. The number of amides is 1. The number of aryl methyl sites for hydroxylation is 1. The standard InChI is InChI=1S/C15H19FN2O3/c1-10-9-12(3-4-13(10)16)14(15(20)21)18-7-5-17(6-8-18)11(2)19/h3-4,9,14H,5-8H2,1-2H3,(H,20,21). The summed E-state index contributed by atoms with van der Waals surface area (Å²) in [5.41, 5.74) is 0.999. The molecule has 0 aliphatic carbocycles. The Morgan fingerprint density at radius 1 is 1.24 bits per heavy atom. The van der Waals surface area contributed by atoms with E-state index in [1.54, 1.807) is 17.9 Å². The highest BCUT2D eigenvalue weighted by atomic mass is 19.1. The van der Waals surface area contributed by atoms with Crippen LogP contribution in [-0.4, -0.2) is 53.0 Å². The minimum absolute atomic E-state index is 0.000786. The number of hydrogen-bond acceptors (Lipinski definition) is 3. The molecule has 5 nitrogen and oxygen atoms in total. The maximum absolute atomic E-state index is 13.3. The smallest absolute Gasteiger partial charge is 0.325 e. The summed E-state index contributed by atoms with van der Waals surface area (Å²) >= 11 is 0. The number of carboxylic acid groups (broad SMARTS) is 1. The Balaban J connectivity index is 2.18. The predicted molar refractivity (Wildman–Crippen MR) is 75.3 cm³/mol. The van der Waals surface area contributed by atoms with Crippen LogP contribution in [0.15, 0.2) is 18.2 Å². The lowest BCUT2D eigenvalue weighted by Crippen LogP contribution is -2.50. The van der Waals surface area contributed by atoms with Crippen molar-refractivity contribution >= 4 is 11.9 Å². The highest BCUT2D eigenvalue weighted by molar-refractivity contribution is 5.76. The van der Waals surface area contributed by atoms with Gasteiger partial charge in [0.05, 0.1) is 0 Å². The van der Waals surface area contributed by atoms with Gasteiger partial charge in [0.25, 0.3) is 0 Å². The van der Waals surface area contributed by atoms with E-state index < -0.39 is 12.0 Å². The molecule has 1 unspecified atom stereocenters. The molecule has 1 aromatic rings. The molecule has 1 amide bonds. The van der Waals surface area contributed by atoms with Gasteiger partial charge in [0, 0.05) is 33.1 Å². The second-order valence-electron chi connectivity index (χ2n) is 5.29. The Morgan fingerprint density at radius 2 is 1.86 bits per heavy atom. The fraction of sp³-hybridized carbons (Fsp3) is 0.467. The van der Waals surface area contributed by atoms with Gasteiger partial charge in [-0.05, 0) is 24.1 Å². The highest BCUT2D eigenvalue weighted by Crippen LogP contribution is 2.24. The van der Waals surface area contributed by atoms with Crippen LogP contribution in [0, 0.1) is 12.7 Å². The minimum Gasteiger partial charge on any atom is -0.480 e. The molecule has 114 valence electrons. The first-order valence-corrected chi connectivity index (χ1v) is 6.88. The predicted octanol–water partition coefficient (Wildman–Crippen LogP) is 1.42. The highest BCUT2D eigenvalue weighted by Gasteiger charge is 2.31. The van der Waals surface area contributed by atoms with Crippen molar-refractivity contribution < 1.29 is 19.1 Å². The summed E-state index contributed by atoms with van der Waals surface area (Å²) in [6.07, 6.45) is 0. The molecule has 0 aromatic heterocycles. The van der Waals surface area contributed by atoms with E-state index in [9.17, 15) is 19.1 Å². The molecule has 1 aliphatic heterocycles. The molecular weight excluding hydrogens is 275 g/mol. The van der Waals surface area contributed by atoms with E-state index in [2.05, 4.69) is 0 Å². The molecule has 1 saturated heterocycles. The van der Waals surface area contributed by atoms with Gasteiger partial charge in [0.2, 0.25) is 5.91 Å². The van der Waals surface area contributed by atoms with Crippen LogP contribution in [0.1, 0.15) is 24.1 Å². The molecule has 0 radical (unpaired) electrons. The summed E-state index contributed by atoms with van der Waals surface area (Å²) in [6, 6.07) is 3.58. The van der Waals surface area contributed by atoms with E-state index in [1.807, 2.05) is 4.90 Å². The van der Waals surface area contributed by atoms with Crippen LogP contribution in [-0.2, 0) is 9.59 Å². The van der Waals surface area contributed by atoms with Gasteiger partial charge in [0.15, 0.2) is 0 Å². The number of hydrogen-bond donors (Lipinski definition) is 1. The summed E-state index contributed by atoms with van der Waals surface area (Å²) in [7, 11) is 0. The van der Waals surface area contributed by atoms with Crippen molar-refractivity contribution in [1.29, 1.82) is 0 Å². The van der Waals surface area contributed by atoms with Crippen molar-refractivity contribution in [3.05, 3.63) is 35.1 Å². The molecule has 1 N–H and O–H groups in total. The minimum atomic E-state index is -0.961. The second-order valence-corrected chi connectivity index (χ2v) is 5.29. The summed E-state index contributed by atoms with van der Waals surface area (Å²) in [4.78, 5) is 26.4. The molecule has 1 heterocycles. The zero-order valence-corrected chi connectivity index (χ0v) is 12.2. The number of carbonyl (C=O) groups is 2. The largest absolute Gasteiger partial charge is 0.480 e. The molecule has 1 aliphatic rings. The Hall–Kier alpha value is -1.95. The number of rotatable bonds is 3. The van der Waals surface area contributed by atoms with Crippen molar-refractivity contribution in [2.75, 3.05) is 26.2 Å². The maximum atomic E-state index is 13.3. The van der Waals surface area contributed by atoms with Crippen LogP contribution < -0.4 is 0 Å². The summed E-state index contributed by atoms with van der Waals surface area (Å²) < 4.78 is 13.3. The first-order valence-electron chi connectivity index (χ1n) is 6.88. The lowest BCUT2D eigenvalue weighted by atomic mass is 10.0. The second kappa shape index (κ2) is 6.22. The molecule has 21 heavy (non-hydrogen) atoms. The lowest BCUT2D eigenvalue weighted by Gasteiger charge is -2.37. The quantitative estimate of drug-likeness (QED) is 0.916. The van der Waals surface area contributed by atoms with Crippen LogP contribution in [0.25, 0.3) is 0 Å². The van der Waals surface area contributed by atoms with Gasteiger partial charge in [-0.15, -0.1) is 0 Å². The fourth-order valence-electron chi connectivity index (χ4n) is 2.64. The molecule has 0 bridgehead atoms. The average molecular weight is 294 g/mol. The SMILES string of the molecule is CC(=O)N1CCN(C(C(=O)O)c2ccc(F)c(C)c2)CC1. The van der Waals surface area contributed by atoms with Gasteiger partial charge in [-0.1, -0.05) is 12.1 Å². The van der Waals surface area contributed by atoms with E-state index in [4.69, 9.17) is 0 Å². The van der Waals surface area contributed by atoms with E-state index in [0.29, 0.717) is 37.3 Å². The molecule has 0 saturated carbocycles. The number of aliphatic carboxylic acids is 1. The van der Waals surface area contributed by atoms with Crippen molar-refractivity contribution in [2.45, 2.75) is 19.9 Å². The van der Waals surface area contributed by atoms with Gasteiger partial charge in [-0.3, -0.25) is 14.5 Å². The van der Waals surface area contributed by atoms with Crippen LogP contribution in [0.2, 0.25) is 0 Å². The van der Waals surface area contributed by atoms with E-state index in [-0.39, 0.29) is 11.7 Å². The summed E-state index contributed by atoms with van der Waals surface area (Å²) in [5, 5.41) is 9.50. The summed E-state index contributed by atoms with van der Waals surface area (Å²) in [6.45, 7) is 5.14. The molecule has 1 atom stereocenters. The topological polar surface area (TPSA) is 60.9 Å². The Labute approximate surface area is 123 Å². The third kappa shape index (κ3) is 3.39. The van der Waals surface area contributed by atoms with Gasteiger partial charge < -0.3 is 10.0 Å². The number of benzene rings is 1. The lowest BCUT2D eigenvalue weighted by molar-refractivity contribution is -0.145. The van der Waals surface area contributed by atoms with E-state index in [0.717, 1.165) is 0 Å².